The molecule has 2 amide bonds. The Morgan fingerprint density at radius 1 is 1.11 bits per heavy atom. The molecule has 2 aromatic rings. The van der Waals surface area contributed by atoms with Crippen LogP contribution in [0.3, 0.4) is 0 Å². The number of carbonyl (C=O) groups is 2. The molecule has 0 radical (unpaired) electrons. The third-order valence-electron chi connectivity index (χ3n) is 5.55. The minimum Gasteiger partial charge on any atom is -0.487 e. The van der Waals surface area contributed by atoms with Crippen molar-refractivity contribution < 1.29 is 19.4 Å². The van der Waals surface area contributed by atoms with E-state index in [1.54, 1.807) is 11.8 Å². The Kier molecular flexibility index (Phi) is 10.8. The Balaban J connectivity index is 0.00000210. The van der Waals surface area contributed by atoms with Crippen LogP contribution in [0.4, 0.5) is 10.5 Å². The lowest BCUT2D eigenvalue weighted by Gasteiger charge is -2.25. The fraction of sp³-hybridized carbons (Fsp3) is 0.310. The third kappa shape index (κ3) is 8.18. The van der Waals surface area contributed by atoms with E-state index in [0.29, 0.717) is 6.61 Å². The van der Waals surface area contributed by atoms with Crippen molar-refractivity contribution in [1.82, 2.24) is 4.90 Å². The molecule has 35 heavy (non-hydrogen) atoms. The number of likely N-dealkylation sites (N-methyl/N-ethyl adjacent to an activating group) is 1. The summed E-state index contributed by atoms with van der Waals surface area (Å²) in [5, 5.41) is 12.2. The monoisotopic (exact) mass is 476 g/mol. The summed E-state index contributed by atoms with van der Waals surface area (Å²) in [4.78, 5) is 25.7. The number of carboxylic acid groups (broad SMARTS) is 1. The fourth-order valence-electron chi connectivity index (χ4n) is 3.61. The molecule has 6 nitrogen and oxygen atoms in total. The van der Waals surface area contributed by atoms with E-state index in [9.17, 15) is 14.7 Å². The Labute approximate surface area is 208 Å². The predicted molar refractivity (Wildman–Crippen MR) is 143 cm³/mol. The third-order valence-corrected chi connectivity index (χ3v) is 5.55. The zero-order valence-corrected chi connectivity index (χ0v) is 21.2. The van der Waals surface area contributed by atoms with E-state index < -0.39 is 5.97 Å². The van der Waals surface area contributed by atoms with Gasteiger partial charge in [-0.15, -0.1) is 0 Å². The summed E-state index contributed by atoms with van der Waals surface area (Å²) in [6, 6.07) is 15.3. The normalized spacial score (nSPS) is 15.2. The van der Waals surface area contributed by atoms with Crippen LogP contribution >= 0.6 is 0 Å². The number of rotatable bonds is 7. The first-order chi connectivity index (χ1) is 16.9. The first-order valence-electron chi connectivity index (χ1n) is 12.0. The molecule has 1 atom stereocenters. The number of benzene rings is 2. The average molecular weight is 477 g/mol. The standard InChI is InChI=1S/C27H30N2O4.C2H6/c1-4-33-25(26(30)31)18-20-10-12-22(13-11-20)21-6-5-7-24(17-14-21)29(3)27(32)28-23-15-8-19(2)9-16-23;1-2/h5-13,15-16,18,24H,4,14,17H2,1-3H3,(H,28,32)(H,30,31);1-2H3/b25-18-;. The van der Waals surface area contributed by atoms with Gasteiger partial charge in [0.2, 0.25) is 5.76 Å². The summed E-state index contributed by atoms with van der Waals surface area (Å²) in [6.07, 6.45) is 9.24. The number of amides is 2. The van der Waals surface area contributed by atoms with Gasteiger partial charge in [0.05, 0.1) is 12.6 Å². The highest BCUT2D eigenvalue weighted by atomic mass is 16.5. The molecule has 3 rings (SSSR count). The molecular formula is C29H36N2O4. The van der Waals surface area contributed by atoms with Gasteiger partial charge in [-0.1, -0.05) is 74.0 Å². The van der Waals surface area contributed by atoms with Crippen molar-refractivity contribution in [3.8, 4) is 0 Å². The van der Waals surface area contributed by atoms with Crippen LogP contribution in [0.1, 0.15) is 50.3 Å². The largest absolute Gasteiger partial charge is 0.487 e. The molecule has 2 aromatic carbocycles. The number of carboxylic acids is 1. The van der Waals surface area contributed by atoms with Crippen LogP contribution in [0.5, 0.6) is 0 Å². The second-order valence-electron chi connectivity index (χ2n) is 7.96. The summed E-state index contributed by atoms with van der Waals surface area (Å²) in [7, 11) is 1.81. The van der Waals surface area contributed by atoms with E-state index in [4.69, 9.17) is 4.74 Å². The predicted octanol–water partition coefficient (Wildman–Crippen LogP) is 6.75. The first kappa shape index (κ1) is 27.4. The first-order valence-corrected chi connectivity index (χ1v) is 12.0. The Hall–Kier alpha value is -3.80. The van der Waals surface area contributed by atoms with E-state index in [1.165, 1.54) is 11.6 Å². The second kappa shape index (κ2) is 13.8. The minimum atomic E-state index is -1.08. The van der Waals surface area contributed by atoms with Crippen molar-refractivity contribution in [2.24, 2.45) is 0 Å². The maximum Gasteiger partial charge on any atom is 0.371 e. The zero-order valence-electron chi connectivity index (χ0n) is 21.2. The highest BCUT2D eigenvalue weighted by Gasteiger charge is 2.19. The molecule has 0 aliphatic heterocycles. The summed E-state index contributed by atoms with van der Waals surface area (Å²) < 4.78 is 5.17. The highest BCUT2D eigenvalue weighted by molar-refractivity contribution is 5.90. The molecule has 0 spiro atoms. The minimum absolute atomic E-state index is 0.0178. The quantitative estimate of drug-likeness (QED) is 0.342. The van der Waals surface area contributed by atoms with Gasteiger partial charge in [0.15, 0.2) is 0 Å². The van der Waals surface area contributed by atoms with Gasteiger partial charge in [-0.3, -0.25) is 0 Å². The molecule has 0 bridgehead atoms. The smallest absolute Gasteiger partial charge is 0.371 e. The van der Waals surface area contributed by atoms with Gasteiger partial charge >= 0.3 is 12.0 Å². The number of ether oxygens (including phenoxy) is 1. The Morgan fingerprint density at radius 2 is 1.77 bits per heavy atom. The molecule has 0 heterocycles. The van der Waals surface area contributed by atoms with Crippen molar-refractivity contribution in [3.05, 3.63) is 89.2 Å². The van der Waals surface area contributed by atoms with Crippen LogP contribution in [0.15, 0.2) is 72.5 Å². The number of hydrogen-bond acceptors (Lipinski definition) is 3. The highest BCUT2D eigenvalue weighted by Crippen LogP contribution is 2.26. The van der Waals surface area contributed by atoms with Gasteiger partial charge in [0.25, 0.3) is 0 Å². The van der Waals surface area contributed by atoms with E-state index in [-0.39, 0.29) is 17.8 Å². The topological polar surface area (TPSA) is 78.9 Å². The SMILES string of the molecule is CC.CCO/C(=C\c1ccc(C2=CC=CC(N(C)C(=O)Nc3ccc(C)cc3)CC2)cc1)C(=O)O. The lowest BCUT2D eigenvalue weighted by molar-refractivity contribution is -0.136. The lowest BCUT2D eigenvalue weighted by Crippen LogP contribution is -2.38. The van der Waals surface area contributed by atoms with E-state index in [0.717, 1.165) is 35.2 Å². The number of allylic oxidation sites excluding steroid dienone is 3. The van der Waals surface area contributed by atoms with Crippen LogP contribution in [0.2, 0.25) is 0 Å². The van der Waals surface area contributed by atoms with Crippen LogP contribution < -0.4 is 5.32 Å². The number of anilines is 1. The van der Waals surface area contributed by atoms with Crippen molar-refractivity contribution >= 4 is 29.3 Å². The number of hydrogen-bond donors (Lipinski definition) is 2. The summed E-state index contributed by atoms with van der Waals surface area (Å²) in [6.45, 7) is 8.06. The van der Waals surface area contributed by atoms with E-state index in [2.05, 4.69) is 11.4 Å². The molecule has 0 fully saturated rings. The van der Waals surface area contributed by atoms with Crippen LogP contribution in [0, 0.1) is 6.92 Å². The van der Waals surface area contributed by atoms with Crippen molar-refractivity contribution in [2.45, 2.75) is 46.6 Å². The fourth-order valence-corrected chi connectivity index (χ4v) is 3.61. The summed E-state index contributed by atoms with van der Waals surface area (Å²) in [5.41, 5.74) is 4.92. The lowest BCUT2D eigenvalue weighted by atomic mass is 9.98. The maximum atomic E-state index is 12.7. The molecule has 2 N–H and O–H groups in total. The summed E-state index contributed by atoms with van der Waals surface area (Å²) in [5.74, 6) is -1.16. The van der Waals surface area contributed by atoms with Gasteiger partial charge in [-0.25, -0.2) is 9.59 Å². The second-order valence-corrected chi connectivity index (χ2v) is 7.96. The van der Waals surface area contributed by atoms with Gasteiger partial charge in [-0.05, 0) is 61.6 Å². The zero-order chi connectivity index (χ0) is 25.8. The van der Waals surface area contributed by atoms with Crippen molar-refractivity contribution in [1.29, 1.82) is 0 Å². The van der Waals surface area contributed by atoms with E-state index >= 15 is 0 Å². The van der Waals surface area contributed by atoms with Crippen LogP contribution in [-0.2, 0) is 9.53 Å². The number of carbonyl (C=O) groups excluding carboxylic acids is 1. The molecule has 0 saturated carbocycles. The number of aliphatic carboxylic acids is 1. The van der Waals surface area contributed by atoms with Gasteiger partial charge in [0.1, 0.15) is 0 Å². The van der Waals surface area contributed by atoms with Crippen molar-refractivity contribution in [3.63, 3.8) is 0 Å². The molecule has 1 unspecified atom stereocenters. The molecule has 0 saturated heterocycles. The number of urea groups is 1. The summed E-state index contributed by atoms with van der Waals surface area (Å²) >= 11 is 0. The molecule has 0 aromatic heterocycles. The molecule has 1 aliphatic carbocycles. The molecule has 6 heteroatoms. The van der Waals surface area contributed by atoms with Gasteiger partial charge < -0.3 is 20.1 Å². The molecule has 1 aliphatic rings. The molecule has 186 valence electrons. The Morgan fingerprint density at radius 3 is 2.37 bits per heavy atom. The van der Waals surface area contributed by atoms with E-state index in [1.807, 2.05) is 88.5 Å². The van der Waals surface area contributed by atoms with Gasteiger partial charge in [-0.2, -0.15) is 0 Å². The van der Waals surface area contributed by atoms with Crippen molar-refractivity contribution in [2.75, 3.05) is 19.0 Å². The number of nitrogens with one attached hydrogen (secondary N) is 1. The van der Waals surface area contributed by atoms with Gasteiger partial charge in [0, 0.05) is 12.7 Å². The van der Waals surface area contributed by atoms with Crippen LogP contribution in [-0.4, -0.2) is 41.7 Å². The average Bonchev–Trinajstić information content (AvgIpc) is 3.12. The number of nitrogens with zero attached hydrogens (tertiary/aromatic N) is 1. The maximum absolute atomic E-state index is 12.7. The van der Waals surface area contributed by atoms with Crippen LogP contribution in [0.25, 0.3) is 11.6 Å². The Bertz CT molecular complexity index is 1070. The number of aryl methyl sites for hydroxylation is 1. The molecular weight excluding hydrogens is 440 g/mol.